The molecule has 0 bridgehead atoms. The molecule has 23 heavy (non-hydrogen) atoms. The molecule has 0 radical (unpaired) electrons. The number of aromatic carboxylic acids is 1. The van der Waals surface area contributed by atoms with Crippen molar-refractivity contribution in [3.63, 3.8) is 0 Å². The highest BCUT2D eigenvalue weighted by molar-refractivity contribution is 7.21. The van der Waals surface area contributed by atoms with Crippen LogP contribution in [0.25, 0.3) is 21.3 Å². The molecule has 4 nitrogen and oxygen atoms in total. The normalized spacial score (nSPS) is 15.9. The molecular weight excluding hydrogens is 328 g/mol. The van der Waals surface area contributed by atoms with Crippen LogP contribution in [0.4, 0.5) is 5.69 Å². The molecule has 3 N–H and O–H groups in total. The lowest BCUT2D eigenvalue weighted by molar-refractivity contribution is 0.0703. The number of pyridine rings is 1. The molecule has 0 saturated heterocycles. The fourth-order valence-electron chi connectivity index (χ4n) is 3.43. The van der Waals surface area contributed by atoms with E-state index in [1.54, 1.807) is 11.3 Å². The minimum absolute atomic E-state index is 0.0104. The van der Waals surface area contributed by atoms with Crippen molar-refractivity contribution in [1.82, 2.24) is 4.98 Å². The number of hydrogen-bond acceptors (Lipinski definition) is 5. The molecule has 1 aliphatic rings. The number of anilines is 1. The topological polar surface area (TPSA) is 76.2 Å². The van der Waals surface area contributed by atoms with E-state index in [9.17, 15) is 9.90 Å². The van der Waals surface area contributed by atoms with Gasteiger partial charge < -0.3 is 10.8 Å². The van der Waals surface area contributed by atoms with E-state index < -0.39 is 5.97 Å². The predicted molar refractivity (Wildman–Crippen MR) is 95.7 cm³/mol. The lowest BCUT2D eigenvalue weighted by Gasteiger charge is -2.18. The molecule has 3 aromatic rings. The number of carboxylic acids is 1. The van der Waals surface area contributed by atoms with Gasteiger partial charge in [0.2, 0.25) is 0 Å². The number of nitrogens with two attached hydrogens (primary N) is 1. The molecule has 118 valence electrons. The second kappa shape index (κ2) is 4.79. The quantitative estimate of drug-likeness (QED) is 0.716. The summed E-state index contributed by atoms with van der Waals surface area (Å²) in [5.74, 6) is -0.985. The number of rotatable bonds is 2. The number of nitrogen functional groups attached to an aromatic ring is 1. The summed E-state index contributed by atoms with van der Waals surface area (Å²) in [5.41, 5.74) is 11.1. The second-order valence-corrected chi connectivity index (χ2v) is 8.32. The highest BCUT2D eigenvalue weighted by Gasteiger charge is 2.36. The van der Waals surface area contributed by atoms with E-state index in [4.69, 9.17) is 10.7 Å². The van der Waals surface area contributed by atoms with Gasteiger partial charge in [-0.2, -0.15) is 11.3 Å². The van der Waals surface area contributed by atoms with Gasteiger partial charge in [0.15, 0.2) is 0 Å². The average Bonchev–Trinajstić information content (AvgIpc) is 3.18. The first-order valence-corrected chi connectivity index (χ1v) is 9.17. The molecule has 0 aromatic carbocycles. The minimum Gasteiger partial charge on any atom is -0.477 e. The van der Waals surface area contributed by atoms with Crippen LogP contribution in [-0.2, 0) is 11.8 Å². The van der Waals surface area contributed by atoms with Gasteiger partial charge in [0.05, 0.1) is 11.4 Å². The fraction of sp³-hybridized carbons (Fsp3) is 0.294. The molecule has 3 heterocycles. The van der Waals surface area contributed by atoms with Crippen molar-refractivity contribution in [2.45, 2.75) is 32.1 Å². The first kappa shape index (κ1) is 14.7. The van der Waals surface area contributed by atoms with Gasteiger partial charge in [0, 0.05) is 10.8 Å². The van der Waals surface area contributed by atoms with Crippen molar-refractivity contribution in [2.24, 2.45) is 0 Å². The van der Waals surface area contributed by atoms with Crippen molar-refractivity contribution in [3.05, 3.63) is 33.0 Å². The summed E-state index contributed by atoms with van der Waals surface area (Å²) in [6.45, 7) is 4.40. The Kier molecular flexibility index (Phi) is 3.05. The zero-order valence-electron chi connectivity index (χ0n) is 12.8. The van der Waals surface area contributed by atoms with Crippen LogP contribution in [0.3, 0.4) is 0 Å². The van der Waals surface area contributed by atoms with Crippen LogP contribution in [0, 0.1) is 0 Å². The second-order valence-electron chi connectivity index (χ2n) is 6.54. The maximum absolute atomic E-state index is 11.5. The molecule has 0 saturated carbocycles. The zero-order valence-corrected chi connectivity index (χ0v) is 14.5. The Balaban J connectivity index is 2.17. The number of carboxylic acid groups (broad SMARTS) is 1. The van der Waals surface area contributed by atoms with Crippen molar-refractivity contribution in [3.8, 4) is 11.1 Å². The van der Waals surface area contributed by atoms with Crippen LogP contribution in [-0.4, -0.2) is 16.1 Å². The number of nitrogens with zero attached hydrogens (tertiary/aromatic N) is 1. The van der Waals surface area contributed by atoms with E-state index >= 15 is 0 Å². The average molecular weight is 344 g/mol. The van der Waals surface area contributed by atoms with Gasteiger partial charge in [-0.1, -0.05) is 13.8 Å². The van der Waals surface area contributed by atoms with Crippen LogP contribution in [0.2, 0.25) is 0 Å². The van der Waals surface area contributed by atoms with E-state index in [2.05, 4.69) is 25.3 Å². The van der Waals surface area contributed by atoms with Crippen LogP contribution in [0.1, 0.15) is 41.2 Å². The molecule has 0 unspecified atom stereocenters. The monoisotopic (exact) mass is 344 g/mol. The maximum atomic E-state index is 11.5. The molecule has 0 fully saturated rings. The maximum Gasteiger partial charge on any atom is 0.348 e. The lowest BCUT2D eigenvalue weighted by atomic mass is 9.89. The van der Waals surface area contributed by atoms with E-state index in [0.717, 1.165) is 39.9 Å². The molecule has 4 rings (SSSR count). The Morgan fingerprint density at radius 3 is 2.87 bits per heavy atom. The molecule has 3 aromatic heterocycles. The Morgan fingerprint density at radius 2 is 2.22 bits per heavy atom. The molecule has 1 aliphatic carbocycles. The van der Waals surface area contributed by atoms with Gasteiger partial charge in [0.1, 0.15) is 9.71 Å². The lowest BCUT2D eigenvalue weighted by Crippen LogP contribution is -2.14. The standard InChI is InChI=1S/C17H16N2O2S2/c1-17(2)5-3-9-10(8-4-6-22-7-8)11-12(18)13(16(20)21)23-15(11)19-14(9)17/h4,6-7H,3,5,18H2,1-2H3,(H,20,21). The molecule has 0 spiro atoms. The van der Waals surface area contributed by atoms with Gasteiger partial charge >= 0.3 is 5.97 Å². The van der Waals surface area contributed by atoms with Crippen molar-refractivity contribution < 1.29 is 9.90 Å². The summed E-state index contributed by atoms with van der Waals surface area (Å²) >= 11 is 2.81. The van der Waals surface area contributed by atoms with Gasteiger partial charge in [-0.25, -0.2) is 9.78 Å². The van der Waals surface area contributed by atoms with Crippen LogP contribution < -0.4 is 5.73 Å². The van der Waals surface area contributed by atoms with E-state index in [1.807, 2.05) is 5.38 Å². The summed E-state index contributed by atoms with van der Waals surface area (Å²) in [7, 11) is 0. The van der Waals surface area contributed by atoms with E-state index in [-0.39, 0.29) is 10.3 Å². The third-order valence-electron chi connectivity index (χ3n) is 4.62. The predicted octanol–water partition coefficient (Wildman–Crippen LogP) is 4.53. The van der Waals surface area contributed by atoms with E-state index in [0.29, 0.717) is 5.69 Å². The van der Waals surface area contributed by atoms with Crippen LogP contribution in [0.15, 0.2) is 16.8 Å². The Labute approximate surface area is 141 Å². The first-order chi connectivity index (χ1) is 10.9. The summed E-state index contributed by atoms with van der Waals surface area (Å²) in [6, 6.07) is 2.07. The zero-order chi connectivity index (χ0) is 16.4. The third-order valence-corrected chi connectivity index (χ3v) is 6.39. The van der Waals surface area contributed by atoms with Crippen molar-refractivity contribution >= 4 is 44.5 Å². The highest BCUT2D eigenvalue weighted by Crippen LogP contribution is 2.48. The number of hydrogen-bond donors (Lipinski definition) is 2. The van der Waals surface area contributed by atoms with Crippen LogP contribution in [0.5, 0.6) is 0 Å². The smallest absolute Gasteiger partial charge is 0.348 e. The van der Waals surface area contributed by atoms with Crippen molar-refractivity contribution in [2.75, 3.05) is 5.73 Å². The highest BCUT2D eigenvalue weighted by atomic mass is 32.1. The molecule has 0 atom stereocenters. The summed E-state index contributed by atoms with van der Waals surface area (Å²) in [6.07, 6.45) is 2.00. The Bertz CT molecular complexity index is 940. The Hall–Kier alpha value is -1.92. The van der Waals surface area contributed by atoms with Gasteiger partial charge in [-0.15, -0.1) is 11.3 Å². The number of thiophene rings is 2. The summed E-state index contributed by atoms with van der Waals surface area (Å²) < 4.78 is 0. The fourth-order valence-corrected chi connectivity index (χ4v) is 5.02. The third kappa shape index (κ3) is 2.01. The molecular formula is C17H16N2O2S2. The summed E-state index contributed by atoms with van der Waals surface area (Å²) in [5, 5.41) is 14.3. The van der Waals surface area contributed by atoms with Gasteiger partial charge in [-0.05, 0) is 46.4 Å². The van der Waals surface area contributed by atoms with Crippen LogP contribution >= 0.6 is 22.7 Å². The minimum atomic E-state index is -0.985. The Morgan fingerprint density at radius 1 is 1.43 bits per heavy atom. The number of aromatic nitrogens is 1. The molecule has 6 heteroatoms. The molecule has 0 aliphatic heterocycles. The largest absolute Gasteiger partial charge is 0.477 e. The first-order valence-electron chi connectivity index (χ1n) is 7.41. The van der Waals surface area contributed by atoms with Gasteiger partial charge in [0.25, 0.3) is 0 Å². The SMILES string of the molecule is CC1(C)CCc2c1nc1sc(C(=O)O)c(N)c1c2-c1ccsc1. The number of fused-ring (bicyclic) bond motifs is 2. The number of carbonyl (C=O) groups is 1. The molecule has 0 amide bonds. The summed E-state index contributed by atoms with van der Waals surface area (Å²) in [4.78, 5) is 17.2. The van der Waals surface area contributed by atoms with Gasteiger partial charge in [-0.3, -0.25) is 0 Å². The van der Waals surface area contributed by atoms with Crippen molar-refractivity contribution in [1.29, 1.82) is 0 Å². The van der Waals surface area contributed by atoms with E-state index in [1.165, 1.54) is 16.9 Å².